The monoisotopic (exact) mass is 395 g/mol. The van der Waals surface area contributed by atoms with Crippen LogP contribution in [0.5, 0.6) is 5.75 Å². The van der Waals surface area contributed by atoms with Crippen molar-refractivity contribution >= 4 is 19.9 Å². The largest absolute Gasteiger partial charge is 0.497 e. The summed E-state index contributed by atoms with van der Waals surface area (Å²) >= 11 is 0. The van der Waals surface area contributed by atoms with Crippen LogP contribution in [0.25, 0.3) is 0 Å². The predicted molar refractivity (Wildman–Crippen MR) is 99.3 cm³/mol. The summed E-state index contributed by atoms with van der Waals surface area (Å²) in [5.74, 6) is 0.448. The fourth-order valence-electron chi connectivity index (χ4n) is 2.89. The molecule has 0 spiro atoms. The molecule has 6 nitrogen and oxygen atoms in total. The van der Waals surface area contributed by atoms with E-state index in [4.69, 9.17) is 4.74 Å². The summed E-state index contributed by atoms with van der Waals surface area (Å²) in [4.78, 5) is 0.180. The van der Waals surface area contributed by atoms with E-state index in [2.05, 4.69) is 0 Å². The third kappa shape index (κ3) is 3.77. The van der Waals surface area contributed by atoms with Gasteiger partial charge >= 0.3 is 0 Å². The van der Waals surface area contributed by atoms with Gasteiger partial charge in [-0.3, -0.25) is 0 Å². The fourth-order valence-corrected chi connectivity index (χ4v) is 6.32. The van der Waals surface area contributed by atoms with E-state index in [1.54, 1.807) is 18.2 Å². The molecule has 1 aliphatic heterocycles. The summed E-state index contributed by atoms with van der Waals surface area (Å²) in [7, 11) is -5.59. The molecule has 0 radical (unpaired) electrons. The van der Waals surface area contributed by atoms with E-state index in [1.807, 2.05) is 25.1 Å². The Morgan fingerprint density at radius 2 is 1.69 bits per heavy atom. The van der Waals surface area contributed by atoms with Gasteiger partial charge in [0, 0.05) is 13.1 Å². The van der Waals surface area contributed by atoms with Crippen LogP contribution in [-0.4, -0.2) is 46.6 Å². The molecular formula is C18H21NO5S2. The number of sulfonamides is 1. The second kappa shape index (κ2) is 7.02. The summed E-state index contributed by atoms with van der Waals surface area (Å²) in [6.45, 7) is 1.88. The molecule has 2 aromatic rings. The summed E-state index contributed by atoms with van der Waals surface area (Å²) in [6, 6.07) is 13.4. The van der Waals surface area contributed by atoms with Crippen LogP contribution in [0.15, 0.2) is 53.4 Å². The Morgan fingerprint density at radius 3 is 2.27 bits per heavy atom. The Labute approximate surface area is 154 Å². The molecule has 2 aromatic carbocycles. The standard InChI is InChI=1S/C18H21NO5S2/c1-14-4-3-5-15(10-14)13-25(20,21)19-11-18(12-19)26(22,23)17-8-6-16(24-2)7-9-17/h3-10,18H,11-13H2,1-2H3. The molecule has 0 atom stereocenters. The molecule has 0 bridgehead atoms. The van der Waals surface area contributed by atoms with Crippen LogP contribution < -0.4 is 4.74 Å². The van der Waals surface area contributed by atoms with E-state index in [1.165, 1.54) is 23.5 Å². The van der Waals surface area contributed by atoms with Gasteiger partial charge in [-0.05, 0) is 36.8 Å². The molecule has 0 saturated carbocycles. The van der Waals surface area contributed by atoms with E-state index in [-0.39, 0.29) is 23.7 Å². The summed E-state index contributed by atoms with van der Waals surface area (Å²) in [6.07, 6.45) is 0. The molecule has 1 aliphatic rings. The van der Waals surface area contributed by atoms with Crippen LogP contribution in [0, 0.1) is 6.92 Å². The lowest BCUT2D eigenvalue weighted by Crippen LogP contribution is -2.56. The van der Waals surface area contributed by atoms with Gasteiger partial charge in [-0.15, -0.1) is 0 Å². The van der Waals surface area contributed by atoms with Gasteiger partial charge in [0.1, 0.15) is 5.75 Å². The van der Waals surface area contributed by atoms with E-state index in [9.17, 15) is 16.8 Å². The van der Waals surface area contributed by atoms with Gasteiger partial charge in [0.25, 0.3) is 0 Å². The fraction of sp³-hybridized carbons (Fsp3) is 0.333. The maximum atomic E-state index is 12.6. The van der Waals surface area contributed by atoms with Crippen molar-refractivity contribution in [3.63, 3.8) is 0 Å². The van der Waals surface area contributed by atoms with Crippen molar-refractivity contribution in [2.45, 2.75) is 22.8 Å². The first-order valence-electron chi connectivity index (χ1n) is 8.14. The first-order valence-corrected chi connectivity index (χ1v) is 11.3. The number of nitrogens with zero attached hydrogens (tertiary/aromatic N) is 1. The second-order valence-corrected chi connectivity index (χ2v) is 10.6. The van der Waals surface area contributed by atoms with Crippen LogP contribution in [0.4, 0.5) is 0 Å². The Hall–Kier alpha value is -1.90. The quantitative estimate of drug-likeness (QED) is 0.747. The van der Waals surface area contributed by atoms with Gasteiger partial charge in [-0.1, -0.05) is 29.8 Å². The smallest absolute Gasteiger partial charge is 0.218 e. The molecular weight excluding hydrogens is 374 g/mol. The number of sulfone groups is 1. The lowest BCUT2D eigenvalue weighted by atomic mass is 10.2. The zero-order valence-electron chi connectivity index (χ0n) is 14.6. The average Bonchev–Trinajstić information content (AvgIpc) is 2.52. The minimum Gasteiger partial charge on any atom is -0.497 e. The summed E-state index contributed by atoms with van der Waals surface area (Å²) < 4.78 is 56.5. The summed E-state index contributed by atoms with van der Waals surface area (Å²) in [5.41, 5.74) is 1.69. The molecule has 0 unspecified atom stereocenters. The molecule has 8 heteroatoms. The number of rotatable bonds is 6. The van der Waals surface area contributed by atoms with Crippen LogP contribution in [0.1, 0.15) is 11.1 Å². The highest BCUT2D eigenvalue weighted by Crippen LogP contribution is 2.28. The lowest BCUT2D eigenvalue weighted by molar-refractivity contribution is 0.309. The third-order valence-electron chi connectivity index (χ3n) is 4.47. The molecule has 0 amide bonds. The Bertz CT molecular complexity index is 992. The van der Waals surface area contributed by atoms with E-state index in [0.29, 0.717) is 11.3 Å². The molecule has 0 N–H and O–H groups in total. The normalized spacial score (nSPS) is 16.2. The highest BCUT2D eigenvalue weighted by atomic mass is 32.2. The average molecular weight is 396 g/mol. The lowest BCUT2D eigenvalue weighted by Gasteiger charge is -2.37. The molecule has 140 valence electrons. The van der Waals surface area contributed by atoms with Gasteiger partial charge < -0.3 is 4.74 Å². The highest BCUT2D eigenvalue weighted by Gasteiger charge is 2.43. The minimum atomic E-state index is -3.56. The molecule has 1 fully saturated rings. The van der Waals surface area contributed by atoms with Gasteiger partial charge in [0.2, 0.25) is 10.0 Å². The molecule has 26 heavy (non-hydrogen) atoms. The number of hydrogen-bond acceptors (Lipinski definition) is 5. The molecule has 1 saturated heterocycles. The van der Waals surface area contributed by atoms with E-state index in [0.717, 1.165) is 5.56 Å². The minimum absolute atomic E-state index is 0.0114. The van der Waals surface area contributed by atoms with E-state index >= 15 is 0 Å². The highest BCUT2D eigenvalue weighted by molar-refractivity contribution is 7.92. The van der Waals surface area contributed by atoms with Crippen molar-refractivity contribution in [3.8, 4) is 5.75 Å². The first kappa shape index (κ1) is 18.9. The van der Waals surface area contributed by atoms with Crippen molar-refractivity contribution in [2.24, 2.45) is 0 Å². The van der Waals surface area contributed by atoms with Gasteiger partial charge in [-0.2, -0.15) is 4.31 Å². The van der Waals surface area contributed by atoms with Crippen LogP contribution in [-0.2, 0) is 25.6 Å². The molecule has 0 aliphatic carbocycles. The maximum absolute atomic E-state index is 12.6. The topological polar surface area (TPSA) is 80.8 Å². The number of benzene rings is 2. The van der Waals surface area contributed by atoms with Crippen molar-refractivity contribution < 1.29 is 21.6 Å². The van der Waals surface area contributed by atoms with Crippen LogP contribution >= 0.6 is 0 Å². The molecule has 1 heterocycles. The number of methoxy groups -OCH3 is 1. The predicted octanol–water partition coefficient (Wildman–Crippen LogP) is 1.99. The van der Waals surface area contributed by atoms with Crippen molar-refractivity contribution in [1.82, 2.24) is 4.31 Å². The van der Waals surface area contributed by atoms with Gasteiger partial charge in [0.15, 0.2) is 9.84 Å². The Morgan fingerprint density at radius 1 is 1.04 bits per heavy atom. The Balaban J connectivity index is 1.68. The van der Waals surface area contributed by atoms with Crippen molar-refractivity contribution in [1.29, 1.82) is 0 Å². The second-order valence-electron chi connectivity index (χ2n) is 6.40. The number of hydrogen-bond donors (Lipinski definition) is 0. The van der Waals surface area contributed by atoms with Crippen molar-refractivity contribution in [2.75, 3.05) is 20.2 Å². The SMILES string of the molecule is COc1ccc(S(=O)(=O)C2CN(S(=O)(=O)Cc3cccc(C)c3)C2)cc1. The molecule has 3 rings (SSSR count). The van der Waals surface area contributed by atoms with Crippen LogP contribution in [0.2, 0.25) is 0 Å². The number of aryl methyl sites for hydroxylation is 1. The van der Waals surface area contributed by atoms with E-state index < -0.39 is 25.1 Å². The molecule has 0 aromatic heterocycles. The third-order valence-corrected chi connectivity index (χ3v) is 8.35. The maximum Gasteiger partial charge on any atom is 0.218 e. The van der Waals surface area contributed by atoms with Gasteiger partial charge in [0.05, 0.1) is 23.0 Å². The van der Waals surface area contributed by atoms with Crippen LogP contribution in [0.3, 0.4) is 0 Å². The van der Waals surface area contributed by atoms with Crippen molar-refractivity contribution in [3.05, 3.63) is 59.7 Å². The zero-order chi connectivity index (χ0) is 18.9. The summed E-state index contributed by atoms with van der Waals surface area (Å²) in [5, 5.41) is -0.719. The number of ether oxygens (including phenoxy) is 1. The zero-order valence-corrected chi connectivity index (χ0v) is 16.3. The van der Waals surface area contributed by atoms with Gasteiger partial charge in [-0.25, -0.2) is 16.8 Å². The Kier molecular flexibility index (Phi) is 5.09. The first-order chi connectivity index (χ1) is 12.2.